The molecule has 0 N–H and O–H groups in total. The Kier molecular flexibility index (Phi) is 1.31. The second-order valence-corrected chi connectivity index (χ2v) is 4.05. The molecule has 2 aliphatic heterocycles. The largest absolute Gasteiger partial charge is 0.680 e. The zero-order chi connectivity index (χ0) is 6.16. The van der Waals surface area contributed by atoms with Crippen molar-refractivity contribution in [3.8, 4) is 0 Å². The predicted molar refractivity (Wildman–Crippen MR) is 29.6 cm³/mol. The van der Waals surface area contributed by atoms with Gasteiger partial charge >= 0.3 is 9.05 Å². The Morgan fingerprint density at radius 2 is 1.00 bits per heavy atom. The molecule has 9 heavy (non-hydrogen) atoms. The van der Waals surface area contributed by atoms with Gasteiger partial charge in [0.2, 0.25) is 0 Å². The van der Waals surface area contributed by atoms with Crippen LogP contribution in [0.25, 0.3) is 0 Å². The van der Waals surface area contributed by atoms with E-state index >= 15 is 0 Å². The van der Waals surface area contributed by atoms with Gasteiger partial charge in [-0.2, -0.15) is 0 Å². The highest BCUT2D eigenvalue weighted by Gasteiger charge is 2.52. The molecule has 4 nitrogen and oxygen atoms in total. The second-order valence-electron chi connectivity index (χ2n) is 1.89. The van der Waals surface area contributed by atoms with E-state index < -0.39 is 9.05 Å². The van der Waals surface area contributed by atoms with Crippen molar-refractivity contribution in [3.05, 3.63) is 0 Å². The summed E-state index contributed by atoms with van der Waals surface area (Å²) in [5.74, 6) is 0. The third-order valence-electron chi connectivity index (χ3n) is 1.28. The van der Waals surface area contributed by atoms with E-state index in [0.29, 0.717) is 26.4 Å². The Labute approximate surface area is 54.2 Å². The van der Waals surface area contributed by atoms with Crippen molar-refractivity contribution >= 4 is 9.05 Å². The third kappa shape index (κ3) is 0.907. The highest BCUT2D eigenvalue weighted by Crippen LogP contribution is 2.20. The molecule has 2 saturated heterocycles. The van der Waals surface area contributed by atoms with Crippen LogP contribution in [-0.4, -0.2) is 35.5 Å². The molecular weight excluding hydrogens is 140 g/mol. The minimum Gasteiger partial charge on any atom is -0.349 e. The summed E-state index contributed by atoms with van der Waals surface area (Å²) in [6.07, 6.45) is 0. The molecule has 1 spiro atoms. The molecule has 0 unspecified atom stereocenters. The van der Waals surface area contributed by atoms with E-state index in [9.17, 15) is 0 Å². The van der Waals surface area contributed by atoms with Gasteiger partial charge in [-0.15, -0.1) is 0 Å². The molecule has 0 aromatic heterocycles. The van der Waals surface area contributed by atoms with Crippen LogP contribution >= 0.6 is 0 Å². The molecular formula is C4H8O4Si. The van der Waals surface area contributed by atoms with Crippen LogP contribution in [0.1, 0.15) is 0 Å². The maximum Gasteiger partial charge on any atom is 0.680 e. The fraction of sp³-hybridized carbons (Fsp3) is 1.00. The first kappa shape index (κ1) is 5.81. The van der Waals surface area contributed by atoms with Gasteiger partial charge in [-0.3, -0.25) is 0 Å². The van der Waals surface area contributed by atoms with E-state index in [1.54, 1.807) is 0 Å². The fourth-order valence-corrected chi connectivity index (χ4v) is 2.75. The van der Waals surface area contributed by atoms with Crippen LogP contribution < -0.4 is 0 Å². The summed E-state index contributed by atoms with van der Waals surface area (Å²) in [5, 5.41) is 0. The SMILES string of the molecule is C1CO[Si]2(O1)OCCO2. The minimum absolute atomic E-state index is 0.617. The van der Waals surface area contributed by atoms with Crippen molar-refractivity contribution < 1.29 is 17.7 Å². The smallest absolute Gasteiger partial charge is 0.349 e. The lowest BCUT2D eigenvalue weighted by molar-refractivity contribution is 0.105. The molecule has 0 aliphatic carbocycles. The van der Waals surface area contributed by atoms with E-state index in [1.807, 2.05) is 0 Å². The molecule has 0 radical (unpaired) electrons. The second kappa shape index (κ2) is 2.03. The van der Waals surface area contributed by atoms with Crippen molar-refractivity contribution in [1.82, 2.24) is 0 Å². The van der Waals surface area contributed by atoms with Crippen molar-refractivity contribution in [2.24, 2.45) is 0 Å². The number of hydrogen-bond donors (Lipinski definition) is 0. The van der Waals surface area contributed by atoms with Gasteiger partial charge in [0.1, 0.15) is 0 Å². The van der Waals surface area contributed by atoms with Gasteiger partial charge in [0, 0.05) is 0 Å². The van der Waals surface area contributed by atoms with Crippen molar-refractivity contribution in [2.45, 2.75) is 0 Å². The van der Waals surface area contributed by atoms with Crippen LogP contribution in [0.2, 0.25) is 0 Å². The summed E-state index contributed by atoms with van der Waals surface area (Å²) in [7, 11) is -2.47. The normalized spacial score (nSPS) is 32.0. The molecule has 0 bridgehead atoms. The van der Waals surface area contributed by atoms with Crippen LogP contribution in [0.4, 0.5) is 0 Å². The Morgan fingerprint density at radius 3 is 1.33 bits per heavy atom. The molecule has 0 atom stereocenters. The summed E-state index contributed by atoms with van der Waals surface area (Å²) in [6, 6.07) is 0. The summed E-state index contributed by atoms with van der Waals surface area (Å²) in [4.78, 5) is 0. The molecule has 2 heterocycles. The van der Waals surface area contributed by atoms with Crippen LogP contribution in [0.15, 0.2) is 0 Å². The van der Waals surface area contributed by atoms with E-state index in [1.165, 1.54) is 0 Å². The summed E-state index contributed by atoms with van der Waals surface area (Å²) < 4.78 is 20.7. The molecule has 2 fully saturated rings. The maximum atomic E-state index is 5.17. The fourth-order valence-electron chi connectivity index (χ4n) is 0.917. The van der Waals surface area contributed by atoms with Crippen LogP contribution in [0.3, 0.4) is 0 Å². The Balaban J connectivity index is 2.04. The number of hydrogen-bond acceptors (Lipinski definition) is 4. The number of rotatable bonds is 0. The van der Waals surface area contributed by atoms with Crippen LogP contribution in [0.5, 0.6) is 0 Å². The standard InChI is InChI=1S/C4H8O4Si/c1-2-6-9(5-1)7-3-4-8-9/h1-4H2. The molecule has 5 heteroatoms. The van der Waals surface area contributed by atoms with Crippen LogP contribution in [0, 0.1) is 0 Å². The van der Waals surface area contributed by atoms with Gasteiger partial charge in [0.25, 0.3) is 0 Å². The average Bonchev–Trinajstić information content (AvgIpc) is 2.45. The molecule has 52 valence electrons. The zero-order valence-corrected chi connectivity index (χ0v) is 5.96. The Hall–Kier alpha value is 0.0569. The first-order valence-electron chi connectivity index (χ1n) is 2.97. The van der Waals surface area contributed by atoms with E-state index in [0.717, 1.165) is 0 Å². The average molecular weight is 148 g/mol. The summed E-state index contributed by atoms with van der Waals surface area (Å²) >= 11 is 0. The quantitative estimate of drug-likeness (QED) is 0.435. The van der Waals surface area contributed by atoms with Crippen molar-refractivity contribution in [1.29, 1.82) is 0 Å². The van der Waals surface area contributed by atoms with Gasteiger partial charge in [-0.05, 0) is 0 Å². The van der Waals surface area contributed by atoms with Gasteiger partial charge < -0.3 is 17.7 Å². The molecule has 0 aromatic carbocycles. The third-order valence-corrected chi connectivity index (χ3v) is 3.51. The Morgan fingerprint density at radius 1 is 0.667 bits per heavy atom. The molecule has 2 aliphatic rings. The highest BCUT2D eigenvalue weighted by molar-refractivity contribution is 6.54. The van der Waals surface area contributed by atoms with Gasteiger partial charge in [-0.1, -0.05) is 0 Å². The minimum atomic E-state index is -2.47. The van der Waals surface area contributed by atoms with E-state index in [2.05, 4.69) is 0 Å². The van der Waals surface area contributed by atoms with Crippen molar-refractivity contribution in [2.75, 3.05) is 26.4 Å². The molecule has 2 rings (SSSR count). The lowest BCUT2D eigenvalue weighted by Gasteiger charge is -2.10. The van der Waals surface area contributed by atoms with Gasteiger partial charge in [-0.25, -0.2) is 0 Å². The van der Waals surface area contributed by atoms with Crippen molar-refractivity contribution in [3.63, 3.8) is 0 Å². The van der Waals surface area contributed by atoms with E-state index in [-0.39, 0.29) is 0 Å². The first-order chi connectivity index (χ1) is 4.41. The maximum absolute atomic E-state index is 5.17. The molecule has 0 saturated carbocycles. The highest BCUT2D eigenvalue weighted by atomic mass is 28.4. The summed E-state index contributed by atoms with van der Waals surface area (Å²) in [6.45, 7) is 2.47. The monoisotopic (exact) mass is 148 g/mol. The van der Waals surface area contributed by atoms with Crippen LogP contribution in [-0.2, 0) is 17.7 Å². The molecule has 0 aromatic rings. The zero-order valence-electron chi connectivity index (χ0n) is 4.96. The lowest BCUT2D eigenvalue weighted by Crippen LogP contribution is -2.38. The lowest BCUT2D eigenvalue weighted by atomic mass is 10.8. The topological polar surface area (TPSA) is 36.9 Å². The Bertz CT molecular complexity index is 87.6. The van der Waals surface area contributed by atoms with Gasteiger partial charge in [0.05, 0.1) is 26.4 Å². The predicted octanol–water partition coefficient (Wildman–Crippen LogP) is -0.484. The first-order valence-corrected chi connectivity index (χ1v) is 4.60. The molecule has 0 amide bonds. The summed E-state index contributed by atoms with van der Waals surface area (Å²) in [5.41, 5.74) is 0. The van der Waals surface area contributed by atoms with E-state index in [4.69, 9.17) is 17.7 Å². The van der Waals surface area contributed by atoms with Gasteiger partial charge in [0.15, 0.2) is 0 Å².